The van der Waals surface area contributed by atoms with Crippen molar-refractivity contribution in [2.75, 3.05) is 6.61 Å². The van der Waals surface area contributed by atoms with Crippen molar-refractivity contribution in [1.82, 2.24) is 0 Å². The summed E-state index contributed by atoms with van der Waals surface area (Å²) in [5, 5.41) is 18.8. The number of esters is 1. The summed E-state index contributed by atoms with van der Waals surface area (Å²) in [6.45, 7) is 7.47. The first-order valence-electron chi connectivity index (χ1n) is 8.90. The van der Waals surface area contributed by atoms with Crippen LogP contribution in [-0.4, -0.2) is 47.2 Å². The molecule has 0 aliphatic rings. The van der Waals surface area contributed by atoms with Crippen molar-refractivity contribution >= 4 is 12.1 Å². The van der Waals surface area contributed by atoms with E-state index in [1.165, 1.54) is 12.1 Å². The quantitative estimate of drug-likeness (QED) is 0.438. The molecule has 1 rings (SSSR count). The van der Waals surface area contributed by atoms with E-state index in [9.17, 15) is 19.8 Å². The van der Waals surface area contributed by atoms with Crippen molar-refractivity contribution in [2.24, 2.45) is 11.7 Å². The van der Waals surface area contributed by atoms with Gasteiger partial charge in [-0.3, -0.25) is 4.79 Å². The zero-order valence-corrected chi connectivity index (χ0v) is 16.2. The summed E-state index contributed by atoms with van der Waals surface area (Å²) in [5.41, 5.74) is 6.40. The van der Waals surface area contributed by atoms with E-state index in [1.54, 1.807) is 19.9 Å². The molecule has 8 heteroatoms. The molecule has 0 radical (unpaired) electrons. The summed E-state index contributed by atoms with van der Waals surface area (Å²) < 4.78 is 15.3. The van der Waals surface area contributed by atoms with Gasteiger partial charge in [-0.1, -0.05) is 19.9 Å². The highest BCUT2D eigenvalue weighted by molar-refractivity contribution is 5.76. The van der Waals surface area contributed by atoms with Crippen LogP contribution in [0.15, 0.2) is 18.2 Å². The van der Waals surface area contributed by atoms with Gasteiger partial charge in [0.25, 0.3) is 0 Å². The molecule has 0 aliphatic heterocycles. The number of aromatic hydroxyl groups is 2. The van der Waals surface area contributed by atoms with E-state index in [2.05, 4.69) is 0 Å². The molecule has 1 aromatic carbocycles. The fourth-order valence-electron chi connectivity index (χ4n) is 2.06. The van der Waals surface area contributed by atoms with Crippen LogP contribution in [0.25, 0.3) is 0 Å². The van der Waals surface area contributed by atoms with E-state index >= 15 is 0 Å². The Morgan fingerprint density at radius 2 is 1.67 bits per heavy atom. The molecule has 0 saturated heterocycles. The van der Waals surface area contributed by atoms with Crippen LogP contribution in [0.2, 0.25) is 0 Å². The van der Waals surface area contributed by atoms with Gasteiger partial charge in [-0.2, -0.15) is 0 Å². The molecule has 0 bridgehead atoms. The van der Waals surface area contributed by atoms with Crippen molar-refractivity contribution in [1.29, 1.82) is 0 Å². The van der Waals surface area contributed by atoms with Gasteiger partial charge in [0.05, 0.1) is 6.61 Å². The second-order valence-electron chi connectivity index (χ2n) is 6.88. The molecule has 0 aliphatic carbocycles. The first kappa shape index (κ1) is 22.6. The van der Waals surface area contributed by atoms with Crippen molar-refractivity contribution in [3.8, 4) is 11.5 Å². The third kappa shape index (κ3) is 8.17. The Bertz CT molecular complexity index is 632. The van der Waals surface area contributed by atoms with Crippen molar-refractivity contribution in [2.45, 2.75) is 58.8 Å². The zero-order valence-electron chi connectivity index (χ0n) is 16.2. The fraction of sp³-hybridized carbons (Fsp3) is 0.579. The summed E-state index contributed by atoms with van der Waals surface area (Å²) in [6.07, 6.45) is -1.38. The zero-order chi connectivity index (χ0) is 20.6. The molecule has 0 unspecified atom stereocenters. The average Bonchev–Trinajstić information content (AvgIpc) is 2.57. The Kier molecular flexibility index (Phi) is 8.87. The predicted molar refractivity (Wildman–Crippen MR) is 98.4 cm³/mol. The number of carbonyl (C=O) groups is 2. The van der Waals surface area contributed by atoms with Gasteiger partial charge in [0.2, 0.25) is 0 Å². The molecule has 152 valence electrons. The lowest BCUT2D eigenvalue weighted by Gasteiger charge is -2.22. The summed E-state index contributed by atoms with van der Waals surface area (Å²) in [7, 11) is 0. The number of benzene rings is 1. The van der Waals surface area contributed by atoms with E-state index in [1.807, 2.05) is 13.8 Å². The van der Waals surface area contributed by atoms with Gasteiger partial charge < -0.3 is 30.2 Å². The minimum atomic E-state index is -0.971. The van der Waals surface area contributed by atoms with Gasteiger partial charge in [-0.15, -0.1) is 0 Å². The average molecular weight is 383 g/mol. The van der Waals surface area contributed by atoms with E-state index in [4.69, 9.17) is 19.9 Å². The minimum absolute atomic E-state index is 0.117. The molecular weight excluding hydrogens is 354 g/mol. The lowest BCUT2D eigenvalue weighted by atomic mass is 10.1. The standard InChI is InChI=1S/C19H29NO7/c1-11(2)7-8-25-19(24)27-13(4)12(3)26-18(23)15(20)9-14-5-6-16(21)17(22)10-14/h5-6,10-13,15,21-22H,7-9,20H2,1-4H3/t12-,13-,15-/m0/s1. The highest BCUT2D eigenvalue weighted by Gasteiger charge is 2.24. The lowest BCUT2D eigenvalue weighted by molar-refractivity contribution is -0.155. The number of hydrogen-bond acceptors (Lipinski definition) is 8. The highest BCUT2D eigenvalue weighted by atomic mass is 16.7. The van der Waals surface area contributed by atoms with Crippen molar-refractivity contribution in [3.05, 3.63) is 23.8 Å². The number of rotatable bonds is 9. The van der Waals surface area contributed by atoms with Gasteiger partial charge in [-0.05, 0) is 50.3 Å². The molecule has 0 aromatic heterocycles. The van der Waals surface area contributed by atoms with Crippen LogP contribution < -0.4 is 5.73 Å². The van der Waals surface area contributed by atoms with Crippen LogP contribution in [0.3, 0.4) is 0 Å². The Hall–Kier alpha value is -2.48. The maximum absolute atomic E-state index is 12.1. The number of hydrogen-bond donors (Lipinski definition) is 3. The van der Waals surface area contributed by atoms with E-state index < -0.39 is 30.4 Å². The van der Waals surface area contributed by atoms with Gasteiger partial charge in [0, 0.05) is 0 Å². The van der Waals surface area contributed by atoms with Gasteiger partial charge >= 0.3 is 12.1 Å². The first-order valence-corrected chi connectivity index (χ1v) is 8.90. The summed E-state index contributed by atoms with van der Waals surface area (Å²) in [5.74, 6) is -0.806. The molecule has 3 atom stereocenters. The Balaban J connectivity index is 2.44. The maximum Gasteiger partial charge on any atom is 0.508 e. The number of nitrogens with two attached hydrogens (primary N) is 1. The molecular formula is C19H29NO7. The van der Waals surface area contributed by atoms with Crippen LogP contribution in [-0.2, 0) is 25.4 Å². The van der Waals surface area contributed by atoms with Crippen LogP contribution in [0.4, 0.5) is 4.79 Å². The van der Waals surface area contributed by atoms with E-state index in [-0.39, 0.29) is 24.5 Å². The molecule has 8 nitrogen and oxygen atoms in total. The lowest BCUT2D eigenvalue weighted by Crippen LogP contribution is -2.39. The van der Waals surface area contributed by atoms with Gasteiger partial charge in [-0.25, -0.2) is 4.79 Å². The van der Waals surface area contributed by atoms with Gasteiger partial charge in [0.15, 0.2) is 11.5 Å². The fourth-order valence-corrected chi connectivity index (χ4v) is 2.06. The van der Waals surface area contributed by atoms with E-state index in [0.29, 0.717) is 11.5 Å². The second kappa shape index (κ2) is 10.6. The van der Waals surface area contributed by atoms with Crippen molar-refractivity contribution in [3.63, 3.8) is 0 Å². The van der Waals surface area contributed by atoms with Gasteiger partial charge in [0.1, 0.15) is 18.2 Å². The van der Waals surface area contributed by atoms with Crippen molar-refractivity contribution < 1.29 is 34.0 Å². The Morgan fingerprint density at radius 3 is 2.26 bits per heavy atom. The normalized spacial score (nSPS) is 14.3. The minimum Gasteiger partial charge on any atom is -0.504 e. The topological polar surface area (TPSA) is 128 Å². The Morgan fingerprint density at radius 1 is 1.04 bits per heavy atom. The van der Waals surface area contributed by atoms with E-state index in [0.717, 1.165) is 6.42 Å². The number of ether oxygens (including phenoxy) is 3. The first-order chi connectivity index (χ1) is 12.6. The molecule has 0 fully saturated rings. The van der Waals surface area contributed by atoms with Crippen LogP contribution >= 0.6 is 0 Å². The maximum atomic E-state index is 12.1. The molecule has 1 aromatic rings. The third-order valence-corrected chi connectivity index (χ3v) is 3.96. The molecule has 0 amide bonds. The van der Waals surface area contributed by atoms with Crippen LogP contribution in [0.1, 0.15) is 39.7 Å². The molecule has 0 heterocycles. The monoisotopic (exact) mass is 383 g/mol. The number of phenols is 2. The number of phenolic OH excluding ortho intramolecular Hbond substituents is 2. The van der Waals surface area contributed by atoms with Crippen LogP contribution in [0.5, 0.6) is 11.5 Å². The third-order valence-electron chi connectivity index (χ3n) is 3.96. The predicted octanol–water partition coefficient (Wildman–Crippen LogP) is 2.49. The van der Waals surface area contributed by atoms with Crippen LogP contribution in [0, 0.1) is 5.92 Å². The summed E-state index contributed by atoms with van der Waals surface area (Å²) in [6, 6.07) is 3.21. The second-order valence-corrected chi connectivity index (χ2v) is 6.88. The molecule has 4 N–H and O–H groups in total. The SMILES string of the molecule is CC(C)CCOC(=O)O[C@@H](C)[C@H](C)OC(=O)[C@@H](N)Cc1ccc(O)c(O)c1. The largest absolute Gasteiger partial charge is 0.508 e. The molecule has 27 heavy (non-hydrogen) atoms. The molecule has 0 spiro atoms. The smallest absolute Gasteiger partial charge is 0.504 e. The summed E-state index contributed by atoms with van der Waals surface area (Å²) in [4.78, 5) is 23.7. The number of carbonyl (C=O) groups excluding carboxylic acids is 2. The highest BCUT2D eigenvalue weighted by Crippen LogP contribution is 2.25. The molecule has 0 saturated carbocycles. The Labute approximate surface area is 159 Å². The summed E-state index contributed by atoms with van der Waals surface area (Å²) >= 11 is 0.